The summed E-state index contributed by atoms with van der Waals surface area (Å²) in [6.07, 6.45) is 7.56. The van der Waals surface area contributed by atoms with Gasteiger partial charge in [-0.05, 0) is 36.3 Å². The van der Waals surface area contributed by atoms with E-state index in [-0.39, 0.29) is 11.6 Å². The fourth-order valence-electron chi connectivity index (χ4n) is 2.93. The van der Waals surface area contributed by atoms with E-state index in [1.807, 2.05) is 6.92 Å². The van der Waals surface area contributed by atoms with Gasteiger partial charge >= 0.3 is 5.97 Å². The van der Waals surface area contributed by atoms with Crippen LogP contribution in [0.2, 0.25) is 0 Å². The first-order valence-electron chi connectivity index (χ1n) is 8.39. The molecule has 0 bridgehead atoms. The molecule has 1 amide bonds. The highest BCUT2D eigenvalue weighted by Gasteiger charge is 2.34. The first-order valence-corrected chi connectivity index (χ1v) is 8.39. The summed E-state index contributed by atoms with van der Waals surface area (Å²) in [7, 11) is 1.22. The van der Waals surface area contributed by atoms with Crippen molar-refractivity contribution in [2.45, 2.75) is 13.0 Å². The average molecular weight is 370 g/mol. The van der Waals surface area contributed by atoms with E-state index in [2.05, 4.69) is 20.5 Å². The number of hydrogen-bond acceptors (Lipinski definition) is 5. The number of allylic oxidation sites excluding steroid dienone is 3. The lowest BCUT2D eigenvalue weighted by Gasteiger charge is -2.28. The Hall–Kier alpha value is -3.29. The maximum absolute atomic E-state index is 13.7. The van der Waals surface area contributed by atoms with Crippen LogP contribution in [0, 0.1) is 11.8 Å². The molecular weight excluding hydrogens is 351 g/mol. The van der Waals surface area contributed by atoms with Gasteiger partial charge in [-0.1, -0.05) is 13.0 Å². The quantitative estimate of drug-likeness (QED) is 0.788. The van der Waals surface area contributed by atoms with Crippen LogP contribution in [0.1, 0.15) is 17.4 Å². The summed E-state index contributed by atoms with van der Waals surface area (Å²) in [4.78, 5) is 28.8. The van der Waals surface area contributed by atoms with Crippen LogP contribution >= 0.6 is 0 Å². The lowest BCUT2D eigenvalue weighted by atomic mass is 9.83. The predicted octanol–water partition coefficient (Wildman–Crippen LogP) is 2.42. The summed E-state index contributed by atoms with van der Waals surface area (Å²) in [5, 5.41) is 9.38. The smallest absolute Gasteiger partial charge is 0.329 e. The van der Waals surface area contributed by atoms with E-state index in [1.54, 1.807) is 36.7 Å². The molecule has 8 heteroatoms. The maximum Gasteiger partial charge on any atom is 0.329 e. The van der Waals surface area contributed by atoms with Crippen molar-refractivity contribution in [2.24, 2.45) is 11.8 Å². The third-order valence-electron chi connectivity index (χ3n) is 4.44. The van der Waals surface area contributed by atoms with Crippen molar-refractivity contribution in [2.75, 3.05) is 7.11 Å². The standard InChI is InChI=1S/C19H19FN4O3/c1-11-3-4-13(20)9-14(11)17(19(26)27-2)22-18(25)16-10-15(23-24-16)12-5-7-21-8-6-12/h3-11,14,17H,1-2H3,(H,22,25)(H,23,24). The number of pyridine rings is 1. The van der Waals surface area contributed by atoms with E-state index < -0.39 is 29.7 Å². The minimum atomic E-state index is -1.03. The van der Waals surface area contributed by atoms with Crippen molar-refractivity contribution in [3.8, 4) is 11.3 Å². The van der Waals surface area contributed by atoms with Crippen LogP contribution in [0.5, 0.6) is 0 Å². The van der Waals surface area contributed by atoms with Crippen molar-refractivity contribution in [1.29, 1.82) is 0 Å². The van der Waals surface area contributed by atoms with Gasteiger partial charge in [0, 0.05) is 23.9 Å². The number of rotatable bonds is 5. The summed E-state index contributed by atoms with van der Waals surface area (Å²) < 4.78 is 18.5. The van der Waals surface area contributed by atoms with Crippen molar-refractivity contribution in [3.63, 3.8) is 0 Å². The number of ether oxygens (including phenoxy) is 1. The Labute approximate surface area is 155 Å². The molecule has 2 aromatic rings. The van der Waals surface area contributed by atoms with E-state index in [0.29, 0.717) is 5.69 Å². The molecule has 0 saturated carbocycles. The number of aromatic nitrogens is 3. The van der Waals surface area contributed by atoms with Crippen LogP contribution in [0.3, 0.4) is 0 Å². The molecule has 0 aliphatic heterocycles. The fourth-order valence-corrected chi connectivity index (χ4v) is 2.93. The molecular formula is C19H19FN4O3. The van der Waals surface area contributed by atoms with E-state index in [0.717, 1.165) is 5.56 Å². The van der Waals surface area contributed by atoms with E-state index in [9.17, 15) is 14.0 Å². The molecule has 27 heavy (non-hydrogen) atoms. The zero-order chi connectivity index (χ0) is 19.4. The van der Waals surface area contributed by atoms with Crippen LogP contribution in [0.15, 0.2) is 54.6 Å². The number of nitrogens with zero attached hydrogens (tertiary/aromatic N) is 2. The van der Waals surface area contributed by atoms with Gasteiger partial charge in [0.1, 0.15) is 17.6 Å². The van der Waals surface area contributed by atoms with Crippen molar-refractivity contribution >= 4 is 11.9 Å². The largest absolute Gasteiger partial charge is 0.467 e. The Bertz CT molecular complexity index is 891. The summed E-state index contributed by atoms with van der Waals surface area (Å²) in [5.41, 5.74) is 1.54. The van der Waals surface area contributed by atoms with Gasteiger partial charge in [-0.3, -0.25) is 14.9 Å². The third-order valence-corrected chi connectivity index (χ3v) is 4.44. The Morgan fingerprint density at radius 2 is 2.07 bits per heavy atom. The second kappa shape index (κ2) is 7.94. The number of carbonyl (C=O) groups is 2. The number of aromatic amines is 1. The molecule has 3 rings (SSSR count). The second-order valence-corrected chi connectivity index (χ2v) is 6.22. The van der Waals surface area contributed by atoms with E-state index >= 15 is 0 Å². The number of halogens is 1. The molecule has 2 N–H and O–H groups in total. The molecule has 0 radical (unpaired) electrons. The first-order chi connectivity index (χ1) is 13.0. The Morgan fingerprint density at radius 3 is 2.78 bits per heavy atom. The molecule has 7 nitrogen and oxygen atoms in total. The van der Waals surface area contributed by atoms with Crippen molar-refractivity contribution < 1.29 is 18.7 Å². The fraction of sp³-hybridized carbons (Fsp3) is 0.263. The number of esters is 1. The molecule has 2 heterocycles. The number of amides is 1. The normalized spacial score (nSPS) is 19.9. The summed E-state index contributed by atoms with van der Waals surface area (Å²) in [6, 6.07) is 4.07. The van der Waals surface area contributed by atoms with Crippen LogP contribution in [-0.2, 0) is 9.53 Å². The lowest BCUT2D eigenvalue weighted by Crippen LogP contribution is -2.48. The van der Waals surface area contributed by atoms with E-state index in [1.165, 1.54) is 19.3 Å². The van der Waals surface area contributed by atoms with Gasteiger partial charge in [-0.2, -0.15) is 5.10 Å². The molecule has 0 aromatic carbocycles. The maximum atomic E-state index is 13.7. The minimum Gasteiger partial charge on any atom is -0.467 e. The molecule has 3 unspecified atom stereocenters. The lowest BCUT2D eigenvalue weighted by molar-refractivity contribution is -0.144. The molecule has 1 aliphatic rings. The molecule has 0 saturated heterocycles. The highest BCUT2D eigenvalue weighted by atomic mass is 19.1. The molecule has 2 aromatic heterocycles. The zero-order valence-electron chi connectivity index (χ0n) is 14.8. The molecule has 0 spiro atoms. The molecule has 3 atom stereocenters. The topological polar surface area (TPSA) is 97.0 Å². The number of methoxy groups -OCH3 is 1. The van der Waals surface area contributed by atoms with Gasteiger partial charge in [0.25, 0.3) is 5.91 Å². The minimum absolute atomic E-state index is 0.150. The Balaban J connectivity index is 1.80. The third kappa shape index (κ3) is 4.11. The summed E-state index contributed by atoms with van der Waals surface area (Å²) >= 11 is 0. The van der Waals surface area contributed by atoms with Gasteiger partial charge in [-0.15, -0.1) is 0 Å². The van der Waals surface area contributed by atoms with Crippen LogP contribution in [0.25, 0.3) is 11.3 Å². The first kappa shape index (κ1) is 18.5. The van der Waals surface area contributed by atoms with Crippen molar-refractivity contribution in [1.82, 2.24) is 20.5 Å². The van der Waals surface area contributed by atoms with Gasteiger partial charge in [0.2, 0.25) is 0 Å². The number of H-pyrrole nitrogens is 1. The number of carbonyl (C=O) groups excluding carboxylic acids is 2. The monoisotopic (exact) mass is 370 g/mol. The van der Waals surface area contributed by atoms with Gasteiger partial charge in [0.15, 0.2) is 0 Å². The van der Waals surface area contributed by atoms with E-state index in [4.69, 9.17) is 4.74 Å². The molecule has 1 aliphatic carbocycles. The Kier molecular flexibility index (Phi) is 5.44. The SMILES string of the molecule is COC(=O)C(NC(=O)c1cc(-c2ccncc2)n[nH]1)C1C=C(F)C=CC1C. The molecule has 0 fully saturated rings. The van der Waals surface area contributed by atoms with Gasteiger partial charge in [0.05, 0.1) is 12.8 Å². The average Bonchev–Trinajstić information content (AvgIpc) is 3.18. The zero-order valence-corrected chi connectivity index (χ0v) is 14.8. The highest BCUT2D eigenvalue weighted by molar-refractivity contribution is 5.96. The van der Waals surface area contributed by atoms with Crippen LogP contribution < -0.4 is 5.32 Å². The van der Waals surface area contributed by atoms with Gasteiger partial charge in [-0.25, -0.2) is 9.18 Å². The van der Waals surface area contributed by atoms with Gasteiger partial charge < -0.3 is 10.1 Å². The summed E-state index contributed by atoms with van der Waals surface area (Å²) in [5.74, 6) is -2.35. The van der Waals surface area contributed by atoms with Crippen LogP contribution in [-0.4, -0.2) is 40.2 Å². The van der Waals surface area contributed by atoms with Crippen LogP contribution in [0.4, 0.5) is 4.39 Å². The predicted molar refractivity (Wildman–Crippen MR) is 96.1 cm³/mol. The number of hydrogen-bond donors (Lipinski definition) is 2. The second-order valence-electron chi connectivity index (χ2n) is 6.22. The van der Waals surface area contributed by atoms with Crippen molar-refractivity contribution in [3.05, 3.63) is 60.3 Å². The highest BCUT2D eigenvalue weighted by Crippen LogP contribution is 2.27. The summed E-state index contributed by atoms with van der Waals surface area (Å²) in [6.45, 7) is 1.84. The molecule has 140 valence electrons. The Morgan fingerprint density at radius 1 is 1.33 bits per heavy atom. The number of nitrogens with one attached hydrogen (secondary N) is 2.